The molecular formula is C10H16INO. The van der Waals surface area contributed by atoms with Crippen molar-refractivity contribution in [3.8, 4) is 0 Å². The van der Waals surface area contributed by atoms with Crippen molar-refractivity contribution in [1.82, 2.24) is 0 Å². The molecule has 3 heteroatoms. The number of halogens is 1. The first kappa shape index (κ1) is 12.8. The van der Waals surface area contributed by atoms with Crippen LogP contribution in [0.2, 0.25) is 0 Å². The molecule has 0 fully saturated rings. The molecule has 2 nitrogen and oxygen atoms in total. The molecule has 0 radical (unpaired) electrons. The molecule has 0 bridgehead atoms. The summed E-state index contributed by atoms with van der Waals surface area (Å²) < 4.78 is 5.00. The molecule has 74 valence electrons. The van der Waals surface area contributed by atoms with Crippen molar-refractivity contribution in [3.05, 3.63) is 25.3 Å². The van der Waals surface area contributed by atoms with E-state index in [1.807, 2.05) is 35.2 Å². The van der Waals surface area contributed by atoms with Crippen LogP contribution in [0.4, 0.5) is 0 Å². The molecule has 0 saturated carbocycles. The Hall–Kier alpha value is -0.160. The Labute approximate surface area is 94.3 Å². The number of nitrogens with one attached hydrogen (secondary N) is 1. The Bertz CT molecular complexity index is 170. The van der Waals surface area contributed by atoms with Crippen molar-refractivity contribution in [3.63, 3.8) is 0 Å². The molecule has 1 N–H and O–H groups in total. The fourth-order valence-corrected chi connectivity index (χ4v) is 1.51. The minimum Gasteiger partial charge on any atom is -0.316 e. The van der Waals surface area contributed by atoms with E-state index in [2.05, 4.69) is 13.2 Å². The molecule has 0 aromatic heterocycles. The summed E-state index contributed by atoms with van der Waals surface area (Å²) in [5.74, 6) is 0. The van der Waals surface area contributed by atoms with Crippen LogP contribution in [0.25, 0.3) is 0 Å². The van der Waals surface area contributed by atoms with E-state index in [0.29, 0.717) is 13.0 Å². The summed E-state index contributed by atoms with van der Waals surface area (Å²) in [4.78, 5) is 0. The van der Waals surface area contributed by atoms with Gasteiger partial charge in [0.15, 0.2) is 0 Å². The van der Waals surface area contributed by atoms with Gasteiger partial charge in [-0.15, -0.1) is 13.2 Å². The monoisotopic (exact) mass is 293 g/mol. The first-order valence-electron chi connectivity index (χ1n) is 4.21. The Balaban J connectivity index is 4.32. The van der Waals surface area contributed by atoms with Crippen molar-refractivity contribution < 1.29 is 3.07 Å². The SMILES string of the molecule is C=CCC(C=C)(CC=N)CCOI. The van der Waals surface area contributed by atoms with Crippen LogP contribution in [0.1, 0.15) is 19.3 Å². The first-order valence-corrected chi connectivity index (χ1v) is 5.09. The lowest BCUT2D eigenvalue weighted by Crippen LogP contribution is -2.19. The molecule has 0 aliphatic carbocycles. The molecule has 0 rings (SSSR count). The highest BCUT2D eigenvalue weighted by Gasteiger charge is 2.23. The molecule has 0 spiro atoms. The van der Waals surface area contributed by atoms with E-state index in [-0.39, 0.29) is 5.41 Å². The van der Waals surface area contributed by atoms with Gasteiger partial charge < -0.3 is 8.48 Å². The summed E-state index contributed by atoms with van der Waals surface area (Å²) >= 11 is 1.88. The maximum absolute atomic E-state index is 7.13. The van der Waals surface area contributed by atoms with Gasteiger partial charge in [-0.05, 0) is 30.9 Å². The van der Waals surface area contributed by atoms with Gasteiger partial charge in [0.2, 0.25) is 0 Å². The van der Waals surface area contributed by atoms with Crippen LogP contribution < -0.4 is 0 Å². The number of hydrogen-bond acceptors (Lipinski definition) is 2. The maximum atomic E-state index is 7.13. The quantitative estimate of drug-likeness (QED) is 0.414. The van der Waals surface area contributed by atoms with E-state index in [1.165, 1.54) is 6.21 Å². The predicted molar refractivity (Wildman–Crippen MR) is 65.4 cm³/mol. The van der Waals surface area contributed by atoms with Gasteiger partial charge in [-0.25, -0.2) is 0 Å². The topological polar surface area (TPSA) is 33.1 Å². The van der Waals surface area contributed by atoms with E-state index in [0.717, 1.165) is 12.8 Å². The van der Waals surface area contributed by atoms with E-state index in [1.54, 1.807) is 0 Å². The van der Waals surface area contributed by atoms with Crippen molar-refractivity contribution in [2.75, 3.05) is 6.61 Å². The zero-order valence-electron chi connectivity index (χ0n) is 7.76. The van der Waals surface area contributed by atoms with Gasteiger partial charge in [0.25, 0.3) is 0 Å². The highest BCUT2D eigenvalue weighted by molar-refractivity contribution is 14.1. The van der Waals surface area contributed by atoms with Crippen molar-refractivity contribution in [2.24, 2.45) is 5.41 Å². The molecule has 0 amide bonds. The third-order valence-electron chi connectivity index (χ3n) is 2.17. The van der Waals surface area contributed by atoms with E-state index < -0.39 is 0 Å². The lowest BCUT2D eigenvalue weighted by Gasteiger charge is -2.27. The van der Waals surface area contributed by atoms with Gasteiger partial charge in [0.05, 0.1) is 6.61 Å². The Morgan fingerprint density at radius 2 is 2.08 bits per heavy atom. The van der Waals surface area contributed by atoms with Gasteiger partial charge in [0.1, 0.15) is 23.0 Å². The molecule has 0 aromatic carbocycles. The van der Waals surface area contributed by atoms with Crippen molar-refractivity contribution >= 4 is 29.2 Å². The zero-order valence-corrected chi connectivity index (χ0v) is 9.92. The van der Waals surface area contributed by atoms with Crippen LogP contribution >= 0.6 is 23.0 Å². The third kappa shape index (κ3) is 4.57. The maximum Gasteiger partial charge on any atom is 0.109 e. The van der Waals surface area contributed by atoms with Gasteiger partial charge in [0, 0.05) is 0 Å². The largest absolute Gasteiger partial charge is 0.316 e. The molecule has 0 aliphatic heterocycles. The summed E-state index contributed by atoms with van der Waals surface area (Å²) in [6.45, 7) is 8.22. The molecule has 0 heterocycles. The van der Waals surface area contributed by atoms with Gasteiger partial charge in [-0.1, -0.05) is 12.2 Å². The summed E-state index contributed by atoms with van der Waals surface area (Å²) in [5.41, 5.74) is -0.0331. The van der Waals surface area contributed by atoms with Crippen molar-refractivity contribution in [2.45, 2.75) is 19.3 Å². The van der Waals surface area contributed by atoms with Crippen LogP contribution in [-0.4, -0.2) is 12.8 Å². The molecule has 0 saturated heterocycles. The average molecular weight is 293 g/mol. The fourth-order valence-electron chi connectivity index (χ4n) is 1.29. The van der Waals surface area contributed by atoms with Crippen LogP contribution in [0, 0.1) is 10.8 Å². The van der Waals surface area contributed by atoms with Gasteiger partial charge in [-0.3, -0.25) is 0 Å². The number of allylic oxidation sites excluding steroid dienone is 2. The average Bonchev–Trinajstić information content (AvgIpc) is 2.15. The standard InChI is InChI=1S/C10H16INO/c1-3-5-10(4-2,6-8-12)7-9-13-11/h3-4,8,12H,1-2,5-7,9H2. The van der Waals surface area contributed by atoms with Gasteiger partial charge >= 0.3 is 0 Å². The molecular weight excluding hydrogens is 277 g/mol. The smallest absolute Gasteiger partial charge is 0.109 e. The van der Waals surface area contributed by atoms with E-state index in [9.17, 15) is 0 Å². The van der Waals surface area contributed by atoms with Crippen molar-refractivity contribution in [1.29, 1.82) is 5.41 Å². The Morgan fingerprint density at radius 3 is 2.46 bits per heavy atom. The second kappa shape index (κ2) is 7.26. The fraction of sp³-hybridized carbons (Fsp3) is 0.500. The molecule has 0 aromatic rings. The predicted octanol–water partition coefficient (Wildman–Crippen LogP) is 3.53. The normalized spacial score (nSPS) is 14.5. The molecule has 1 atom stereocenters. The van der Waals surface area contributed by atoms with Crippen LogP contribution in [0.5, 0.6) is 0 Å². The highest BCUT2D eigenvalue weighted by atomic mass is 127. The zero-order chi connectivity index (χ0) is 10.2. The first-order chi connectivity index (χ1) is 6.24. The van der Waals surface area contributed by atoms with Crippen LogP contribution in [-0.2, 0) is 3.07 Å². The minimum absolute atomic E-state index is 0.0331. The molecule has 0 aliphatic rings. The third-order valence-corrected chi connectivity index (χ3v) is 2.61. The van der Waals surface area contributed by atoms with Crippen LogP contribution in [0.15, 0.2) is 25.3 Å². The molecule has 1 unspecified atom stereocenters. The Morgan fingerprint density at radius 1 is 1.38 bits per heavy atom. The number of hydrogen-bond donors (Lipinski definition) is 1. The molecule has 13 heavy (non-hydrogen) atoms. The van der Waals surface area contributed by atoms with Crippen LogP contribution in [0.3, 0.4) is 0 Å². The highest BCUT2D eigenvalue weighted by Crippen LogP contribution is 2.32. The summed E-state index contributed by atoms with van der Waals surface area (Å²) in [7, 11) is 0. The van der Waals surface area contributed by atoms with Gasteiger partial charge in [-0.2, -0.15) is 0 Å². The second-order valence-corrected chi connectivity index (χ2v) is 3.65. The minimum atomic E-state index is -0.0331. The Kier molecular flexibility index (Phi) is 7.17. The second-order valence-electron chi connectivity index (χ2n) is 3.03. The van der Waals surface area contributed by atoms with E-state index >= 15 is 0 Å². The van der Waals surface area contributed by atoms with E-state index in [4.69, 9.17) is 8.48 Å². The summed E-state index contributed by atoms with van der Waals surface area (Å²) in [6.07, 6.45) is 7.67. The lowest BCUT2D eigenvalue weighted by molar-refractivity contribution is 0.293. The summed E-state index contributed by atoms with van der Waals surface area (Å²) in [6, 6.07) is 0. The number of rotatable bonds is 8. The summed E-state index contributed by atoms with van der Waals surface area (Å²) in [5, 5.41) is 7.13. The lowest BCUT2D eigenvalue weighted by atomic mass is 9.79.